The second-order valence-corrected chi connectivity index (χ2v) is 6.60. The lowest BCUT2D eigenvalue weighted by atomic mass is 9.95. The Morgan fingerprint density at radius 2 is 2.04 bits per heavy atom. The molecular weight excluding hydrogens is 337 g/mol. The van der Waals surface area contributed by atoms with E-state index in [-0.39, 0.29) is 24.3 Å². The fraction of sp³-hybridized carbons (Fsp3) is 0.529. The number of likely N-dealkylation sites (tertiary alicyclic amines) is 1. The van der Waals surface area contributed by atoms with Crippen molar-refractivity contribution in [1.29, 1.82) is 0 Å². The Bertz CT molecular complexity index is 591. The summed E-state index contributed by atoms with van der Waals surface area (Å²) >= 11 is 12.0. The predicted molar refractivity (Wildman–Crippen MR) is 90.7 cm³/mol. The van der Waals surface area contributed by atoms with Gasteiger partial charge in [-0.1, -0.05) is 29.3 Å². The molecule has 126 valence electrons. The van der Waals surface area contributed by atoms with E-state index in [9.17, 15) is 9.59 Å². The highest BCUT2D eigenvalue weighted by Gasteiger charge is 2.37. The molecular formula is C17H21Cl2NO3. The van der Waals surface area contributed by atoms with E-state index in [1.54, 1.807) is 30.0 Å². The van der Waals surface area contributed by atoms with Crippen LogP contribution in [-0.4, -0.2) is 35.5 Å². The lowest BCUT2D eigenvalue weighted by Crippen LogP contribution is -2.53. The van der Waals surface area contributed by atoms with Crippen LogP contribution in [0.15, 0.2) is 18.2 Å². The molecule has 1 heterocycles. The van der Waals surface area contributed by atoms with Gasteiger partial charge in [0.2, 0.25) is 5.91 Å². The third kappa shape index (κ3) is 4.39. The number of nitrogens with zero attached hydrogens (tertiary/aromatic N) is 1. The molecule has 0 aliphatic carbocycles. The molecule has 0 N–H and O–H groups in total. The van der Waals surface area contributed by atoms with Gasteiger partial charge in [-0.2, -0.15) is 0 Å². The molecule has 2 unspecified atom stereocenters. The van der Waals surface area contributed by atoms with Gasteiger partial charge in [-0.15, -0.1) is 0 Å². The fourth-order valence-corrected chi connectivity index (χ4v) is 3.48. The molecule has 0 spiro atoms. The number of hydrogen-bond donors (Lipinski definition) is 0. The van der Waals surface area contributed by atoms with Crippen molar-refractivity contribution in [3.05, 3.63) is 33.8 Å². The monoisotopic (exact) mass is 357 g/mol. The second-order valence-electron chi connectivity index (χ2n) is 5.76. The zero-order valence-electron chi connectivity index (χ0n) is 13.4. The number of carbonyl (C=O) groups excluding carboxylic acids is 2. The van der Waals surface area contributed by atoms with Gasteiger partial charge in [0.05, 0.1) is 13.0 Å². The molecule has 4 nitrogen and oxygen atoms in total. The third-order valence-electron chi connectivity index (χ3n) is 4.11. The number of benzene rings is 1. The highest BCUT2D eigenvalue weighted by Crippen LogP contribution is 2.27. The molecule has 1 aliphatic heterocycles. The smallest absolute Gasteiger partial charge is 0.328 e. The van der Waals surface area contributed by atoms with E-state index in [1.165, 1.54) is 0 Å². The predicted octanol–water partition coefficient (Wildman–Crippen LogP) is 3.87. The molecule has 1 aliphatic rings. The molecule has 1 saturated heterocycles. The van der Waals surface area contributed by atoms with E-state index in [0.717, 1.165) is 12.8 Å². The normalized spacial score (nSPS) is 21.1. The van der Waals surface area contributed by atoms with Crippen LogP contribution >= 0.6 is 23.2 Å². The largest absolute Gasteiger partial charge is 0.464 e. The maximum atomic E-state index is 12.8. The van der Waals surface area contributed by atoms with Crippen LogP contribution in [-0.2, 0) is 20.7 Å². The minimum absolute atomic E-state index is 0.0109. The summed E-state index contributed by atoms with van der Waals surface area (Å²) in [6, 6.07) is 4.58. The standard InChI is InChI=1S/C17H21Cl2NO3/c1-3-23-17(22)15-6-4-5-11(2)20(15)16(21)9-12-7-8-13(18)10-14(12)19/h7-8,10-11,15H,3-6,9H2,1-2H3. The minimum atomic E-state index is -0.503. The van der Waals surface area contributed by atoms with Gasteiger partial charge in [-0.25, -0.2) is 4.79 Å². The Morgan fingerprint density at radius 3 is 2.70 bits per heavy atom. The Balaban J connectivity index is 2.17. The fourth-order valence-electron chi connectivity index (χ4n) is 3.00. The summed E-state index contributed by atoms with van der Waals surface area (Å²) in [7, 11) is 0. The molecule has 0 bridgehead atoms. The first-order valence-electron chi connectivity index (χ1n) is 7.85. The number of carbonyl (C=O) groups is 2. The number of esters is 1. The molecule has 0 saturated carbocycles. The van der Waals surface area contributed by atoms with E-state index in [1.807, 2.05) is 6.92 Å². The van der Waals surface area contributed by atoms with Crippen molar-refractivity contribution in [2.45, 2.75) is 51.6 Å². The molecule has 23 heavy (non-hydrogen) atoms. The summed E-state index contributed by atoms with van der Waals surface area (Å²) in [5.41, 5.74) is 0.710. The van der Waals surface area contributed by atoms with Crippen LogP contribution in [0.4, 0.5) is 0 Å². The highest BCUT2D eigenvalue weighted by molar-refractivity contribution is 6.35. The maximum absolute atomic E-state index is 12.8. The molecule has 2 atom stereocenters. The van der Waals surface area contributed by atoms with Crippen LogP contribution in [0.1, 0.15) is 38.7 Å². The highest BCUT2D eigenvalue weighted by atomic mass is 35.5. The van der Waals surface area contributed by atoms with Crippen molar-refractivity contribution in [2.75, 3.05) is 6.61 Å². The van der Waals surface area contributed by atoms with Gasteiger partial charge in [0.25, 0.3) is 0 Å². The quantitative estimate of drug-likeness (QED) is 0.768. The number of amides is 1. The second kappa shape index (κ2) is 8.02. The van der Waals surface area contributed by atoms with Gasteiger partial charge in [-0.3, -0.25) is 4.79 Å². The van der Waals surface area contributed by atoms with Crippen LogP contribution in [0.25, 0.3) is 0 Å². The third-order valence-corrected chi connectivity index (χ3v) is 4.70. The lowest BCUT2D eigenvalue weighted by Gasteiger charge is -2.39. The van der Waals surface area contributed by atoms with Gasteiger partial charge in [0.15, 0.2) is 0 Å². The van der Waals surface area contributed by atoms with Gasteiger partial charge < -0.3 is 9.64 Å². The molecule has 1 amide bonds. The number of rotatable bonds is 4. The first-order chi connectivity index (χ1) is 10.9. The lowest BCUT2D eigenvalue weighted by molar-refractivity contribution is -0.158. The molecule has 1 fully saturated rings. The molecule has 2 rings (SSSR count). The van der Waals surface area contributed by atoms with Gasteiger partial charge in [0, 0.05) is 16.1 Å². The SMILES string of the molecule is CCOC(=O)C1CCCC(C)N1C(=O)Cc1ccc(Cl)cc1Cl. The summed E-state index contributed by atoms with van der Waals surface area (Å²) in [5, 5.41) is 0.991. The van der Waals surface area contributed by atoms with Crippen LogP contribution in [0, 0.1) is 0 Å². The molecule has 0 aromatic heterocycles. The topological polar surface area (TPSA) is 46.6 Å². The van der Waals surface area contributed by atoms with Crippen molar-refractivity contribution in [3.63, 3.8) is 0 Å². The Labute approximate surface area is 146 Å². The van der Waals surface area contributed by atoms with E-state index in [0.29, 0.717) is 28.6 Å². The Morgan fingerprint density at radius 1 is 1.30 bits per heavy atom. The zero-order chi connectivity index (χ0) is 17.0. The first kappa shape index (κ1) is 18.1. The molecule has 6 heteroatoms. The van der Waals surface area contributed by atoms with Crippen LogP contribution < -0.4 is 0 Å². The van der Waals surface area contributed by atoms with Crippen molar-refractivity contribution in [1.82, 2.24) is 4.90 Å². The summed E-state index contributed by atoms with van der Waals surface area (Å²) < 4.78 is 5.12. The Hall–Kier alpha value is -1.26. The number of hydrogen-bond acceptors (Lipinski definition) is 3. The van der Waals surface area contributed by atoms with E-state index in [4.69, 9.17) is 27.9 Å². The number of halogens is 2. The average Bonchev–Trinajstić information content (AvgIpc) is 2.50. The van der Waals surface area contributed by atoms with Crippen molar-refractivity contribution in [3.8, 4) is 0 Å². The van der Waals surface area contributed by atoms with E-state index < -0.39 is 6.04 Å². The van der Waals surface area contributed by atoms with Crippen molar-refractivity contribution < 1.29 is 14.3 Å². The maximum Gasteiger partial charge on any atom is 0.328 e. The van der Waals surface area contributed by atoms with Gasteiger partial charge >= 0.3 is 5.97 Å². The van der Waals surface area contributed by atoms with Gasteiger partial charge in [-0.05, 0) is 50.8 Å². The summed E-state index contributed by atoms with van der Waals surface area (Å²) in [6.45, 7) is 4.05. The first-order valence-corrected chi connectivity index (χ1v) is 8.61. The minimum Gasteiger partial charge on any atom is -0.464 e. The zero-order valence-corrected chi connectivity index (χ0v) is 14.9. The molecule has 1 aromatic carbocycles. The number of piperidine rings is 1. The molecule has 1 aromatic rings. The summed E-state index contributed by atoms with van der Waals surface area (Å²) in [4.78, 5) is 26.6. The average molecular weight is 358 g/mol. The summed E-state index contributed by atoms with van der Waals surface area (Å²) in [6.07, 6.45) is 2.59. The van der Waals surface area contributed by atoms with Crippen LogP contribution in [0.2, 0.25) is 10.0 Å². The number of ether oxygens (including phenoxy) is 1. The van der Waals surface area contributed by atoms with Crippen molar-refractivity contribution in [2.24, 2.45) is 0 Å². The summed E-state index contributed by atoms with van der Waals surface area (Å²) in [5.74, 6) is -0.436. The van der Waals surface area contributed by atoms with E-state index >= 15 is 0 Å². The van der Waals surface area contributed by atoms with Crippen LogP contribution in [0.3, 0.4) is 0 Å². The Kier molecular flexibility index (Phi) is 6.31. The van der Waals surface area contributed by atoms with Crippen molar-refractivity contribution >= 4 is 35.1 Å². The van der Waals surface area contributed by atoms with Crippen LogP contribution in [0.5, 0.6) is 0 Å². The van der Waals surface area contributed by atoms with E-state index in [2.05, 4.69) is 0 Å². The van der Waals surface area contributed by atoms with Gasteiger partial charge in [0.1, 0.15) is 6.04 Å². The molecule has 0 radical (unpaired) electrons.